The van der Waals surface area contributed by atoms with Gasteiger partial charge in [0.15, 0.2) is 5.96 Å². The standard InChI is InChI=1S/C18H32N6O4S/c1-3-20-17(22-14-18(2,25)15-24-9-11-28-12-10-24)21-7-8-23-29(26,27)16-5-4-6-19-13-16/h4-6,13,23,25H,3,7-12,14-15H2,1-2H3,(H2,20,21,22). The lowest BCUT2D eigenvalue weighted by Gasteiger charge is -2.33. The molecule has 1 atom stereocenters. The first-order valence-electron chi connectivity index (χ1n) is 9.77. The zero-order valence-corrected chi connectivity index (χ0v) is 17.9. The highest BCUT2D eigenvalue weighted by Gasteiger charge is 2.25. The van der Waals surface area contributed by atoms with E-state index in [4.69, 9.17) is 4.74 Å². The Bertz CT molecular complexity index is 736. The van der Waals surface area contributed by atoms with Crippen molar-refractivity contribution in [2.24, 2.45) is 4.99 Å². The monoisotopic (exact) mass is 428 g/mol. The lowest BCUT2D eigenvalue weighted by atomic mass is 10.1. The number of rotatable bonds is 10. The largest absolute Gasteiger partial charge is 0.387 e. The van der Waals surface area contributed by atoms with Crippen LogP contribution in [0.3, 0.4) is 0 Å². The van der Waals surface area contributed by atoms with Gasteiger partial charge in [0.05, 0.1) is 25.4 Å². The molecule has 1 unspecified atom stereocenters. The number of sulfonamides is 1. The van der Waals surface area contributed by atoms with Crippen molar-refractivity contribution < 1.29 is 18.3 Å². The number of nitrogens with zero attached hydrogens (tertiary/aromatic N) is 3. The SMILES string of the molecule is CCNC(=NCC(C)(O)CN1CCOCC1)NCCNS(=O)(=O)c1cccnc1. The fourth-order valence-corrected chi connectivity index (χ4v) is 3.83. The Morgan fingerprint density at radius 3 is 2.76 bits per heavy atom. The van der Waals surface area contributed by atoms with Crippen LogP contribution in [0.1, 0.15) is 13.8 Å². The third-order valence-corrected chi connectivity index (χ3v) is 5.69. The molecule has 0 aromatic carbocycles. The van der Waals surface area contributed by atoms with E-state index in [1.165, 1.54) is 18.5 Å². The van der Waals surface area contributed by atoms with E-state index in [9.17, 15) is 13.5 Å². The zero-order chi connectivity index (χ0) is 21.2. The first-order valence-corrected chi connectivity index (χ1v) is 11.2. The molecule has 0 radical (unpaired) electrons. The molecule has 1 aromatic rings. The average molecular weight is 429 g/mol. The molecule has 11 heteroatoms. The maximum atomic E-state index is 12.2. The summed E-state index contributed by atoms with van der Waals surface area (Å²) in [6, 6.07) is 3.07. The summed E-state index contributed by atoms with van der Waals surface area (Å²) in [6.07, 6.45) is 2.82. The summed E-state index contributed by atoms with van der Waals surface area (Å²) < 4.78 is 32.2. The van der Waals surface area contributed by atoms with Crippen molar-refractivity contribution >= 4 is 16.0 Å². The molecule has 10 nitrogen and oxygen atoms in total. The highest BCUT2D eigenvalue weighted by Crippen LogP contribution is 2.09. The number of nitrogens with one attached hydrogen (secondary N) is 3. The molecule has 0 bridgehead atoms. The topological polar surface area (TPSA) is 128 Å². The van der Waals surface area contributed by atoms with E-state index in [-0.39, 0.29) is 18.0 Å². The second-order valence-corrected chi connectivity index (χ2v) is 8.86. The number of guanidine groups is 1. The second-order valence-electron chi connectivity index (χ2n) is 7.09. The molecule has 1 saturated heterocycles. The van der Waals surface area contributed by atoms with E-state index >= 15 is 0 Å². The summed E-state index contributed by atoms with van der Waals surface area (Å²) in [5.74, 6) is 0.523. The molecule has 0 aliphatic carbocycles. The van der Waals surface area contributed by atoms with Gasteiger partial charge in [-0.2, -0.15) is 0 Å². The van der Waals surface area contributed by atoms with Crippen molar-refractivity contribution in [1.82, 2.24) is 25.2 Å². The van der Waals surface area contributed by atoms with Gasteiger partial charge in [-0.05, 0) is 26.0 Å². The number of aliphatic imine (C=N–C) groups is 1. The summed E-state index contributed by atoms with van der Waals surface area (Å²) in [6.45, 7) is 8.58. The quantitative estimate of drug-likeness (QED) is 0.212. The van der Waals surface area contributed by atoms with Crippen molar-refractivity contribution in [2.75, 3.05) is 59.0 Å². The summed E-state index contributed by atoms with van der Waals surface area (Å²) >= 11 is 0. The van der Waals surface area contributed by atoms with Gasteiger partial charge in [0.2, 0.25) is 10.0 Å². The average Bonchev–Trinajstić information content (AvgIpc) is 2.70. The molecule has 0 amide bonds. The molecule has 2 rings (SSSR count). The Labute approximate surface area is 172 Å². The smallest absolute Gasteiger partial charge is 0.242 e. The van der Waals surface area contributed by atoms with Crippen LogP contribution in [0.15, 0.2) is 34.4 Å². The number of aliphatic hydroxyl groups is 1. The highest BCUT2D eigenvalue weighted by atomic mass is 32.2. The molecule has 1 aliphatic rings. The third-order valence-electron chi connectivity index (χ3n) is 4.24. The Hall–Kier alpha value is -1.79. The van der Waals surface area contributed by atoms with E-state index in [1.54, 1.807) is 13.0 Å². The van der Waals surface area contributed by atoms with E-state index in [0.29, 0.717) is 38.8 Å². The minimum absolute atomic E-state index is 0.125. The van der Waals surface area contributed by atoms with Gasteiger partial charge >= 0.3 is 0 Å². The Morgan fingerprint density at radius 2 is 2.10 bits per heavy atom. The molecule has 1 aliphatic heterocycles. The van der Waals surface area contributed by atoms with Gasteiger partial charge in [-0.15, -0.1) is 0 Å². The van der Waals surface area contributed by atoms with E-state index in [0.717, 1.165) is 13.1 Å². The van der Waals surface area contributed by atoms with Crippen LogP contribution in [0, 0.1) is 0 Å². The number of morpholine rings is 1. The van der Waals surface area contributed by atoms with Gasteiger partial charge in [-0.3, -0.25) is 14.9 Å². The van der Waals surface area contributed by atoms with Crippen LogP contribution in [0.2, 0.25) is 0 Å². The van der Waals surface area contributed by atoms with Crippen LogP contribution >= 0.6 is 0 Å². The molecule has 1 aromatic heterocycles. The van der Waals surface area contributed by atoms with Gasteiger partial charge in [0, 0.05) is 51.7 Å². The second kappa shape index (κ2) is 11.4. The normalized spacial score (nSPS) is 18.2. The molecule has 0 spiro atoms. The molecule has 164 valence electrons. The van der Waals surface area contributed by atoms with Gasteiger partial charge in [0.1, 0.15) is 4.90 Å². The van der Waals surface area contributed by atoms with Crippen LogP contribution in [0.4, 0.5) is 0 Å². The van der Waals surface area contributed by atoms with Crippen molar-refractivity contribution in [3.63, 3.8) is 0 Å². The Balaban J connectivity index is 1.80. The molecule has 0 saturated carbocycles. The molecule has 2 heterocycles. The van der Waals surface area contributed by atoms with Crippen LogP contribution in [0.5, 0.6) is 0 Å². The first kappa shape index (κ1) is 23.5. The van der Waals surface area contributed by atoms with Crippen molar-refractivity contribution in [3.05, 3.63) is 24.5 Å². The van der Waals surface area contributed by atoms with E-state index in [1.807, 2.05) is 6.92 Å². The lowest BCUT2D eigenvalue weighted by Crippen LogP contribution is -2.48. The maximum absolute atomic E-state index is 12.2. The number of ether oxygens (including phenoxy) is 1. The Morgan fingerprint density at radius 1 is 1.34 bits per heavy atom. The van der Waals surface area contributed by atoms with Crippen LogP contribution < -0.4 is 15.4 Å². The minimum atomic E-state index is -3.59. The van der Waals surface area contributed by atoms with Crippen LogP contribution in [0.25, 0.3) is 0 Å². The van der Waals surface area contributed by atoms with Crippen LogP contribution in [-0.4, -0.2) is 94.0 Å². The predicted molar refractivity (Wildman–Crippen MR) is 111 cm³/mol. The molecular formula is C18H32N6O4S. The fraction of sp³-hybridized carbons (Fsp3) is 0.667. The van der Waals surface area contributed by atoms with Crippen molar-refractivity contribution in [2.45, 2.75) is 24.3 Å². The lowest BCUT2D eigenvalue weighted by molar-refractivity contribution is -0.0179. The van der Waals surface area contributed by atoms with E-state index in [2.05, 4.69) is 30.2 Å². The van der Waals surface area contributed by atoms with Gasteiger partial charge in [-0.1, -0.05) is 0 Å². The van der Waals surface area contributed by atoms with Crippen molar-refractivity contribution in [1.29, 1.82) is 0 Å². The fourth-order valence-electron chi connectivity index (χ4n) is 2.84. The molecule has 4 N–H and O–H groups in total. The Kier molecular flexibility index (Phi) is 9.24. The zero-order valence-electron chi connectivity index (χ0n) is 17.1. The molecular weight excluding hydrogens is 396 g/mol. The summed E-state index contributed by atoms with van der Waals surface area (Å²) in [5.41, 5.74) is -0.971. The third kappa shape index (κ3) is 8.62. The van der Waals surface area contributed by atoms with Gasteiger partial charge in [0.25, 0.3) is 0 Å². The van der Waals surface area contributed by atoms with Gasteiger partial charge in [-0.25, -0.2) is 13.1 Å². The predicted octanol–water partition coefficient (Wildman–Crippen LogP) is -1.00. The summed E-state index contributed by atoms with van der Waals surface area (Å²) in [7, 11) is -3.59. The number of pyridine rings is 1. The summed E-state index contributed by atoms with van der Waals surface area (Å²) in [5, 5.41) is 16.8. The van der Waals surface area contributed by atoms with E-state index < -0.39 is 15.6 Å². The van der Waals surface area contributed by atoms with Gasteiger partial charge < -0.3 is 20.5 Å². The molecule has 29 heavy (non-hydrogen) atoms. The number of hydrogen-bond donors (Lipinski definition) is 4. The highest BCUT2D eigenvalue weighted by molar-refractivity contribution is 7.89. The number of β-amino-alcohol motifs (C(OH)–C–C–N with tert-alkyl or cyclic N) is 1. The summed E-state index contributed by atoms with van der Waals surface area (Å²) in [4.78, 5) is 10.5. The van der Waals surface area contributed by atoms with Crippen molar-refractivity contribution in [3.8, 4) is 0 Å². The molecule has 1 fully saturated rings. The number of hydrogen-bond acceptors (Lipinski definition) is 7. The maximum Gasteiger partial charge on any atom is 0.242 e. The number of aromatic nitrogens is 1. The first-order chi connectivity index (χ1) is 13.8. The minimum Gasteiger partial charge on any atom is -0.387 e. The van der Waals surface area contributed by atoms with Crippen LogP contribution in [-0.2, 0) is 14.8 Å².